The van der Waals surface area contributed by atoms with Crippen molar-refractivity contribution in [1.82, 2.24) is 4.57 Å². The fourth-order valence-electron chi connectivity index (χ4n) is 4.23. The molecule has 0 spiro atoms. The Morgan fingerprint density at radius 2 is 2.04 bits per heavy atom. The summed E-state index contributed by atoms with van der Waals surface area (Å²) in [6.07, 6.45) is 2.49. The van der Waals surface area contributed by atoms with Crippen LogP contribution in [-0.2, 0) is 6.54 Å². The summed E-state index contributed by atoms with van der Waals surface area (Å²) in [4.78, 5) is 13.6. The summed E-state index contributed by atoms with van der Waals surface area (Å²) in [6, 6.07) is 14.0. The molecule has 2 heterocycles. The van der Waals surface area contributed by atoms with Gasteiger partial charge in [0.15, 0.2) is 0 Å². The number of carboxylic acid groups (broad SMARTS) is 1. The van der Waals surface area contributed by atoms with E-state index in [0.29, 0.717) is 5.75 Å². The van der Waals surface area contributed by atoms with Crippen LogP contribution in [-0.4, -0.2) is 29.8 Å². The third-order valence-electron chi connectivity index (χ3n) is 5.83. The monoisotopic (exact) mass is 377 g/mol. The van der Waals surface area contributed by atoms with E-state index in [2.05, 4.69) is 45.1 Å². The third-order valence-corrected chi connectivity index (χ3v) is 5.83. The molecule has 3 aromatic rings. The van der Waals surface area contributed by atoms with Crippen molar-refractivity contribution in [2.75, 3.05) is 24.4 Å². The van der Waals surface area contributed by atoms with Crippen LogP contribution in [0.25, 0.3) is 10.9 Å². The molecule has 6 heteroatoms. The van der Waals surface area contributed by atoms with E-state index < -0.39 is 5.97 Å². The molecule has 0 bridgehead atoms. The number of ether oxygens (including phenoxy) is 1. The lowest BCUT2D eigenvalue weighted by Gasteiger charge is -2.25. The van der Waals surface area contributed by atoms with E-state index >= 15 is 0 Å². The molecule has 2 aromatic carbocycles. The highest BCUT2D eigenvalue weighted by Crippen LogP contribution is 2.47. The Balaban J connectivity index is 1.61. The van der Waals surface area contributed by atoms with Crippen molar-refractivity contribution in [3.63, 3.8) is 0 Å². The standard InChI is InChI=1S/C22H23N3O3/c1-24-20-16(9-15(22(26)27)11-19(20)28-2)23-21(24)18-10-14-5-3-4-6-17(14)25(18)12-13-7-8-13/h3-6,9-11,13,21,23H,7-8,12H2,1-2H3,(H,26,27). The smallest absolute Gasteiger partial charge is 0.335 e. The number of aromatic nitrogens is 1. The number of nitrogens with zero attached hydrogens (tertiary/aromatic N) is 2. The molecule has 0 radical (unpaired) electrons. The summed E-state index contributed by atoms with van der Waals surface area (Å²) < 4.78 is 7.93. The number of carboxylic acids is 1. The Labute approximate surface area is 163 Å². The van der Waals surface area contributed by atoms with Crippen molar-refractivity contribution in [2.45, 2.75) is 25.6 Å². The van der Waals surface area contributed by atoms with Crippen LogP contribution in [0.5, 0.6) is 5.75 Å². The zero-order valence-corrected chi connectivity index (χ0v) is 16.0. The molecule has 144 valence electrons. The minimum atomic E-state index is -0.961. The van der Waals surface area contributed by atoms with Crippen molar-refractivity contribution in [3.05, 3.63) is 53.7 Å². The minimum Gasteiger partial charge on any atom is -0.494 e. The Kier molecular flexibility index (Phi) is 3.75. The van der Waals surface area contributed by atoms with Gasteiger partial charge in [0.2, 0.25) is 0 Å². The molecule has 1 aliphatic heterocycles. The van der Waals surface area contributed by atoms with Gasteiger partial charge in [-0.25, -0.2) is 4.79 Å². The number of anilines is 2. The maximum Gasteiger partial charge on any atom is 0.335 e. The van der Waals surface area contributed by atoms with Crippen molar-refractivity contribution in [2.24, 2.45) is 5.92 Å². The maximum atomic E-state index is 11.5. The van der Waals surface area contributed by atoms with E-state index in [-0.39, 0.29) is 11.7 Å². The summed E-state index contributed by atoms with van der Waals surface area (Å²) in [5.41, 5.74) is 4.32. The fraction of sp³-hybridized carbons (Fsp3) is 0.318. The highest BCUT2D eigenvalue weighted by atomic mass is 16.5. The minimum absolute atomic E-state index is 0.0842. The average molecular weight is 377 g/mol. The first kappa shape index (κ1) is 17.0. The summed E-state index contributed by atoms with van der Waals surface area (Å²) in [5, 5.41) is 14.2. The number of hydrogen-bond acceptors (Lipinski definition) is 4. The SMILES string of the molecule is COc1cc(C(=O)O)cc2c1N(C)C(c1cc3ccccc3n1CC1CC1)N2. The van der Waals surface area contributed by atoms with Crippen molar-refractivity contribution in [1.29, 1.82) is 0 Å². The van der Waals surface area contributed by atoms with Crippen LogP contribution in [0.15, 0.2) is 42.5 Å². The van der Waals surface area contributed by atoms with E-state index in [1.165, 1.54) is 29.4 Å². The number of benzene rings is 2. The van der Waals surface area contributed by atoms with Crippen LogP contribution in [0.3, 0.4) is 0 Å². The number of methoxy groups -OCH3 is 1. The van der Waals surface area contributed by atoms with Gasteiger partial charge < -0.3 is 24.6 Å². The molecule has 2 N–H and O–H groups in total. The number of para-hydroxylation sites is 1. The van der Waals surface area contributed by atoms with Crippen LogP contribution in [0, 0.1) is 5.92 Å². The topological polar surface area (TPSA) is 66.7 Å². The van der Waals surface area contributed by atoms with Crippen LogP contribution in [0.1, 0.15) is 35.1 Å². The number of nitrogens with one attached hydrogen (secondary N) is 1. The molecule has 1 saturated carbocycles. The third kappa shape index (κ3) is 2.59. The van der Waals surface area contributed by atoms with Crippen molar-refractivity contribution < 1.29 is 14.6 Å². The Hall–Kier alpha value is -3.15. The first-order chi connectivity index (χ1) is 13.6. The number of rotatable bonds is 5. The lowest BCUT2D eigenvalue weighted by atomic mass is 10.1. The van der Waals surface area contributed by atoms with E-state index in [1.54, 1.807) is 19.2 Å². The average Bonchev–Trinajstić information content (AvgIpc) is 3.36. The van der Waals surface area contributed by atoms with Crippen molar-refractivity contribution >= 4 is 28.2 Å². The zero-order chi connectivity index (χ0) is 19.4. The number of aromatic carboxylic acids is 1. The molecule has 1 fully saturated rings. The number of fused-ring (bicyclic) bond motifs is 2. The van der Waals surface area contributed by atoms with Gasteiger partial charge in [0.25, 0.3) is 0 Å². The first-order valence-electron chi connectivity index (χ1n) is 9.59. The molecule has 0 saturated heterocycles. The largest absolute Gasteiger partial charge is 0.494 e. The predicted molar refractivity (Wildman–Crippen MR) is 109 cm³/mol. The molecule has 5 rings (SSSR count). The molecule has 1 unspecified atom stereocenters. The van der Waals surface area contributed by atoms with Gasteiger partial charge in [-0.1, -0.05) is 18.2 Å². The molecule has 28 heavy (non-hydrogen) atoms. The van der Waals surface area contributed by atoms with E-state index in [4.69, 9.17) is 4.74 Å². The van der Waals surface area contributed by atoms with Crippen LogP contribution in [0.2, 0.25) is 0 Å². The molecule has 1 aromatic heterocycles. The Morgan fingerprint density at radius 1 is 1.25 bits per heavy atom. The van der Waals surface area contributed by atoms with Gasteiger partial charge in [-0.3, -0.25) is 0 Å². The Bertz CT molecular complexity index is 1080. The van der Waals surface area contributed by atoms with Gasteiger partial charge in [-0.05, 0) is 43.0 Å². The van der Waals surface area contributed by atoms with Gasteiger partial charge in [0, 0.05) is 24.5 Å². The van der Waals surface area contributed by atoms with Gasteiger partial charge in [0.1, 0.15) is 17.6 Å². The van der Waals surface area contributed by atoms with Gasteiger partial charge in [-0.2, -0.15) is 0 Å². The Morgan fingerprint density at radius 3 is 2.75 bits per heavy atom. The highest BCUT2D eigenvalue weighted by Gasteiger charge is 2.34. The second kappa shape index (κ2) is 6.19. The zero-order valence-electron chi connectivity index (χ0n) is 16.0. The molecular weight excluding hydrogens is 354 g/mol. The molecule has 1 atom stereocenters. The predicted octanol–water partition coefficient (Wildman–Crippen LogP) is 4.32. The van der Waals surface area contributed by atoms with Crippen LogP contribution in [0.4, 0.5) is 11.4 Å². The van der Waals surface area contributed by atoms with Crippen LogP contribution < -0.4 is 15.0 Å². The molecule has 2 aliphatic rings. The number of hydrogen-bond donors (Lipinski definition) is 2. The fourth-order valence-corrected chi connectivity index (χ4v) is 4.23. The van der Waals surface area contributed by atoms with Crippen LogP contribution >= 0.6 is 0 Å². The van der Waals surface area contributed by atoms with E-state index in [1.807, 2.05) is 7.05 Å². The summed E-state index contributed by atoms with van der Waals surface area (Å²) >= 11 is 0. The lowest BCUT2D eigenvalue weighted by Crippen LogP contribution is -2.26. The molecular formula is C22H23N3O3. The molecule has 6 nitrogen and oxygen atoms in total. The maximum absolute atomic E-state index is 11.5. The first-order valence-corrected chi connectivity index (χ1v) is 9.59. The highest BCUT2D eigenvalue weighted by molar-refractivity contribution is 5.94. The second-order valence-electron chi connectivity index (χ2n) is 7.72. The lowest BCUT2D eigenvalue weighted by molar-refractivity contribution is 0.0696. The molecule has 1 aliphatic carbocycles. The van der Waals surface area contributed by atoms with E-state index in [0.717, 1.165) is 23.8 Å². The second-order valence-corrected chi connectivity index (χ2v) is 7.72. The number of carbonyl (C=O) groups is 1. The van der Waals surface area contributed by atoms with E-state index in [9.17, 15) is 9.90 Å². The van der Waals surface area contributed by atoms with Crippen molar-refractivity contribution in [3.8, 4) is 5.75 Å². The molecule has 0 amide bonds. The van der Waals surface area contributed by atoms with Gasteiger partial charge >= 0.3 is 5.97 Å². The summed E-state index contributed by atoms with van der Waals surface area (Å²) in [5.74, 6) is 0.353. The van der Waals surface area contributed by atoms with Gasteiger partial charge in [-0.15, -0.1) is 0 Å². The quantitative estimate of drug-likeness (QED) is 0.693. The summed E-state index contributed by atoms with van der Waals surface area (Å²) in [6.45, 7) is 1.02. The van der Waals surface area contributed by atoms with Gasteiger partial charge in [0.05, 0.1) is 24.1 Å². The normalized spacial score (nSPS) is 18.2. The summed E-state index contributed by atoms with van der Waals surface area (Å²) in [7, 11) is 3.60.